The molecule has 0 radical (unpaired) electrons. The highest BCUT2D eigenvalue weighted by Gasteiger charge is 2.53. The van der Waals surface area contributed by atoms with E-state index < -0.39 is 193 Å². The number of hydrogen-bond acceptors (Lipinski definition) is 13. The van der Waals surface area contributed by atoms with Crippen LogP contribution in [0.3, 0.4) is 0 Å². The number of nitrogens with zero attached hydrogens (tertiary/aromatic N) is 9. The predicted molar refractivity (Wildman–Crippen MR) is 355 cm³/mol. The molecule has 0 aromatic rings. The first-order valence-electron chi connectivity index (χ1n) is 35.7. The summed E-state index contributed by atoms with van der Waals surface area (Å²) in [5.74, 6) is -12.1. The van der Waals surface area contributed by atoms with Gasteiger partial charge in [-0.2, -0.15) is 13.2 Å². The number of alkyl halides is 4. The van der Waals surface area contributed by atoms with Crippen molar-refractivity contribution in [2.75, 3.05) is 88.2 Å². The largest absolute Gasteiger partial charge is 0.394 e. The van der Waals surface area contributed by atoms with Gasteiger partial charge < -0.3 is 64.8 Å². The minimum atomic E-state index is -4.76. The number of ether oxygens (including phenoxy) is 1. The molecule has 6 rings (SSSR count). The molecule has 4 saturated heterocycles. The molecule has 98 heavy (non-hydrogen) atoms. The van der Waals surface area contributed by atoms with Gasteiger partial charge in [0.25, 0.3) is 0 Å². The minimum Gasteiger partial charge on any atom is -0.379 e. The summed E-state index contributed by atoms with van der Waals surface area (Å²) in [6, 6.07) is -11.4. The van der Waals surface area contributed by atoms with E-state index in [9.17, 15) is 51.5 Å². The van der Waals surface area contributed by atoms with Crippen LogP contribution < -0.4 is 16.0 Å². The molecule has 12 amide bonds. The summed E-state index contributed by atoms with van der Waals surface area (Å²) in [6.07, 6.45) is -4.02. The summed E-state index contributed by atoms with van der Waals surface area (Å²) in [6.45, 7) is 14.2. The van der Waals surface area contributed by atoms with Crippen LogP contribution in [0, 0.1) is 29.6 Å². The molecule has 0 aromatic carbocycles. The van der Waals surface area contributed by atoms with Crippen molar-refractivity contribution in [2.24, 2.45) is 29.6 Å². The van der Waals surface area contributed by atoms with E-state index >= 15 is 23.6 Å². The summed E-state index contributed by atoms with van der Waals surface area (Å²) in [4.78, 5) is 190. The number of carbonyl (C=O) groups is 12. The molecule has 0 bridgehead atoms. The zero-order valence-corrected chi connectivity index (χ0v) is 60.4. The van der Waals surface area contributed by atoms with Gasteiger partial charge in [-0.15, -0.1) is 0 Å². The summed E-state index contributed by atoms with van der Waals surface area (Å²) in [5, 5.41) is 8.65. The summed E-state index contributed by atoms with van der Waals surface area (Å²) >= 11 is 0. The lowest BCUT2D eigenvalue weighted by Gasteiger charge is -2.45. The molecule has 3 unspecified atom stereocenters. The maximum atomic E-state index is 15.5. The fraction of sp³-hybridized carbons (Fsp3) is 0.826. The Labute approximate surface area is 576 Å². The van der Waals surface area contributed by atoms with Crippen molar-refractivity contribution < 1.29 is 79.8 Å². The molecule has 25 nitrogen and oxygen atoms in total. The molecular weight excluding hydrogens is 1280 g/mol. The van der Waals surface area contributed by atoms with Crippen LogP contribution in [0.2, 0.25) is 0 Å². The highest BCUT2D eigenvalue weighted by molar-refractivity contribution is 6.01. The first-order valence-corrected chi connectivity index (χ1v) is 35.7. The quantitative estimate of drug-likeness (QED) is 0.162. The van der Waals surface area contributed by atoms with Crippen LogP contribution in [-0.2, 0) is 62.3 Å². The van der Waals surface area contributed by atoms with Crippen molar-refractivity contribution >= 4 is 70.9 Å². The summed E-state index contributed by atoms with van der Waals surface area (Å²) < 4.78 is 62.5. The van der Waals surface area contributed by atoms with Crippen LogP contribution in [0.5, 0.6) is 0 Å². The van der Waals surface area contributed by atoms with E-state index in [-0.39, 0.29) is 83.6 Å². The number of rotatable bonds is 14. The van der Waals surface area contributed by atoms with Gasteiger partial charge >= 0.3 is 6.18 Å². The molecule has 2 aliphatic carbocycles. The zero-order valence-electron chi connectivity index (χ0n) is 60.4. The summed E-state index contributed by atoms with van der Waals surface area (Å²) in [7, 11) is 8.35. The molecule has 2 saturated carbocycles. The maximum Gasteiger partial charge on any atom is 0.394 e. The van der Waals surface area contributed by atoms with Crippen LogP contribution >= 0.6 is 0 Å². The second kappa shape index (κ2) is 35.1. The Kier molecular flexibility index (Phi) is 28.7. The van der Waals surface area contributed by atoms with E-state index in [0.29, 0.717) is 64.5 Å². The number of likely N-dealkylation sites (tertiary alicyclic amines) is 1. The Bertz CT molecular complexity index is 2860. The predicted octanol–water partition coefficient (Wildman–Crippen LogP) is 4.28. The molecule has 6 aliphatic rings. The average molecular weight is 1390 g/mol. The lowest BCUT2D eigenvalue weighted by molar-refractivity contribution is -0.201. The third kappa shape index (κ3) is 18.8. The molecular formula is C69H112F4N12O13. The summed E-state index contributed by atoms with van der Waals surface area (Å²) in [5.41, 5.74) is -1.60. The van der Waals surface area contributed by atoms with Gasteiger partial charge in [0.1, 0.15) is 66.1 Å². The van der Waals surface area contributed by atoms with Crippen LogP contribution in [0.4, 0.5) is 17.6 Å². The monoisotopic (exact) mass is 1390 g/mol. The highest BCUT2D eigenvalue weighted by Crippen LogP contribution is 2.43. The second-order valence-corrected chi connectivity index (χ2v) is 29.2. The van der Waals surface area contributed by atoms with E-state index in [2.05, 4.69) is 16.0 Å². The van der Waals surface area contributed by atoms with E-state index in [4.69, 9.17) is 4.74 Å². The van der Waals surface area contributed by atoms with E-state index in [1.165, 1.54) is 78.6 Å². The van der Waals surface area contributed by atoms with Crippen molar-refractivity contribution in [3.63, 3.8) is 0 Å². The topological polar surface area (TPSA) is 279 Å². The number of hydrogen-bond donors (Lipinski definition) is 3. The molecule has 14 atom stereocenters. The van der Waals surface area contributed by atoms with Gasteiger partial charge in [-0.05, 0) is 120 Å². The third-order valence-electron chi connectivity index (χ3n) is 21.9. The Hall–Kier alpha value is -6.68. The number of likely N-dealkylation sites (N-methyl/N-ethyl adjacent to an activating group) is 6. The Balaban J connectivity index is 1.42. The van der Waals surface area contributed by atoms with E-state index in [1.807, 2.05) is 34.6 Å². The SMILES string of the molecule is CCCOC[C@H]1C(=O)N(C)CC(=O)N[C@@H](CCC2CCC(C(F)(F)F)C(F)C2)C(=O)N2CCC[C@H]2C(=O)NC2(CCCC2)C(=O)N(C)[C@@H]([C@@H](C)CC)C(=O)N(C)[C@H](C(=O)N2CCCC2)CC(=O)N(C)[C@@H](CC(C)C)C(=O)N[C@@H]([C@@H](C)CC)C(=O)N(C)[C@@H](C)C(=O)N2CC[C@H]2C(=O)N1C. The maximum absolute atomic E-state index is 15.5. The number of nitrogens with one attached hydrogen (secondary N) is 3. The molecule has 6 fully saturated rings. The number of amides is 12. The van der Waals surface area contributed by atoms with Gasteiger partial charge in [-0.25, -0.2) is 4.39 Å². The van der Waals surface area contributed by atoms with Gasteiger partial charge in [0.05, 0.1) is 25.5 Å². The van der Waals surface area contributed by atoms with E-state index in [1.54, 1.807) is 18.7 Å². The molecule has 4 heterocycles. The first kappa shape index (κ1) is 80.3. The Morgan fingerprint density at radius 2 is 1.27 bits per heavy atom. The molecule has 0 aromatic heterocycles. The number of fused-ring (bicyclic) bond motifs is 2. The van der Waals surface area contributed by atoms with Crippen molar-refractivity contribution in [3.05, 3.63) is 0 Å². The normalized spacial score (nSPS) is 30.4. The smallest absolute Gasteiger partial charge is 0.379 e. The van der Waals surface area contributed by atoms with Gasteiger partial charge in [0.2, 0.25) is 70.9 Å². The molecule has 554 valence electrons. The lowest BCUT2D eigenvalue weighted by Crippen LogP contribution is -2.65. The van der Waals surface area contributed by atoms with Crippen LogP contribution in [-0.4, -0.2) is 275 Å². The van der Waals surface area contributed by atoms with Crippen molar-refractivity contribution in [2.45, 2.75) is 250 Å². The minimum absolute atomic E-state index is 0.00223. The standard InChI is InChI=1S/C69H112F4N12O13/c1-15-35-98-40-53-62(92)77(9)39-54(86)74-48(27-25-45-24-26-46(47(70)37-45)69(71,72)73)61(91)84-33-22-23-49(84)59(89)76-68(29-18-19-30-68)67(97)82(14)57(43(7)17-3)66(96)80(12)52(64(94)83-31-20-21-32-83)38-55(87)79(11)51(36-41(4)5)58(88)75-56(42(6)16-2)65(95)78(10)44(8)60(90)85-34-28-50(85)63(93)81(53)13/h41-53,56-57H,15-40H2,1-14H3,(H,74,86)(H,75,88)(H,76,89)/t42-,43-,44-,45?,46?,47?,48-,49-,50-,51-,52-,53-,56-,57-/m0/s1. The first-order chi connectivity index (χ1) is 46.1. The molecule has 1 spiro atoms. The number of carbonyl (C=O) groups excluding carboxylic acids is 12. The number of halogens is 4. The van der Waals surface area contributed by atoms with Crippen LogP contribution in [0.1, 0.15) is 177 Å². The zero-order chi connectivity index (χ0) is 73.0. The Morgan fingerprint density at radius 3 is 1.84 bits per heavy atom. The van der Waals surface area contributed by atoms with Crippen LogP contribution in [0.25, 0.3) is 0 Å². The van der Waals surface area contributed by atoms with Gasteiger partial charge in [-0.3, -0.25) is 57.5 Å². The van der Waals surface area contributed by atoms with E-state index in [0.717, 1.165) is 9.80 Å². The average Bonchev–Trinajstić information content (AvgIpc) is 1.32. The molecule has 29 heteroatoms. The highest BCUT2D eigenvalue weighted by atomic mass is 19.4. The molecule has 4 aliphatic heterocycles. The van der Waals surface area contributed by atoms with Crippen LogP contribution in [0.15, 0.2) is 0 Å². The lowest BCUT2D eigenvalue weighted by atomic mass is 9.78. The fourth-order valence-corrected chi connectivity index (χ4v) is 15.0. The van der Waals surface area contributed by atoms with Gasteiger partial charge in [0.15, 0.2) is 0 Å². The van der Waals surface area contributed by atoms with Gasteiger partial charge in [0, 0.05) is 75.1 Å². The fourth-order valence-electron chi connectivity index (χ4n) is 15.0. The van der Waals surface area contributed by atoms with Crippen molar-refractivity contribution in [1.29, 1.82) is 0 Å². The van der Waals surface area contributed by atoms with Gasteiger partial charge in [-0.1, -0.05) is 74.1 Å². The molecule has 3 N–H and O–H groups in total. The Morgan fingerprint density at radius 1 is 0.633 bits per heavy atom. The second-order valence-electron chi connectivity index (χ2n) is 29.2. The van der Waals surface area contributed by atoms with Crippen molar-refractivity contribution in [3.8, 4) is 0 Å². The van der Waals surface area contributed by atoms with Crippen molar-refractivity contribution in [1.82, 2.24) is 60.0 Å². The third-order valence-corrected chi connectivity index (χ3v) is 21.9.